The van der Waals surface area contributed by atoms with E-state index in [1.165, 1.54) is 0 Å². The number of nitrogens with one attached hydrogen (secondary N) is 1. The summed E-state index contributed by atoms with van der Waals surface area (Å²) in [5, 5.41) is 3.48. The van der Waals surface area contributed by atoms with Crippen LogP contribution in [0.2, 0.25) is 0 Å². The van der Waals surface area contributed by atoms with Gasteiger partial charge >= 0.3 is 0 Å². The molecule has 0 fully saturated rings. The number of ether oxygens (including phenoxy) is 1. The van der Waals surface area contributed by atoms with Crippen molar-refractivity contribution in [2.75, 3.05) is 33.9 Å². The van der Waals surface area contributed by atoms with Crippen molar-refractivity contribution in [3.8, 4) is 0 Å². The second-order valence-electron chi connectivity index (χ2n) is 4.92. The van der Waals surface area contributed by atoms with Crippen molar-refractivity contribution in [2.24, 2.45) is 5.92 Å². The predicted octanol–water partition coefficient (Wildman–Crippen LogP) is 1.59. The molecule has 15 heavy (non-hydrogen) atoms. The second-order valence-corrected chi connectivity index (χ2v) is 4.92. The van der Waals surface area contributed by atoms with Gasteiger partial charge in [-0.05, 0) is 33.4 Å². The average Bonchev–Trinajstić information content (AvgIpc) is 2.14. The Morgan fingerprint density at radius 2 is 1.73 bits per heavy atom. The standard InChI is InChI=1S/C12H28N2O/c1-10(2)7-13-8-12(9-15-6)14(5)11(3)4/h10-13H,7-9H2,1-6H3. The van der Waals surface area contributed by atoms with Gasteiger partial charge in [0, 0.05) is 25.7 Å². The maximum Gasteiger partial charge on any atom is 0.0630 e. The molecule has 0 aromatic rings. The zero-order chi connectivity index (χ0) is 11.8. The molecular formula is C12H28N2O. The van der Waals surface area contributed by atoms with Crippen LogP contribution < -0.4 is 5.32 Å². The Hall–Kier alpha value is -0.120. The molecule has 1 N–H and O–H groups in total. The molecule has 1 atom stereocenters. The van der Waals surface area contributed by atoms with Crippen LogP contribution in [0.5, 0.6) is 0 Å². The molecule has 0 heterocycles. The Morgan fingerprint density at radius 1 is 1.13 bits per heavy atom. The van der Waals surface area contributed by atoms with E-state index in [1.807, 2.05) is 0 Å². The van der Waals surface area contributed by atoms with Crippen molar-refractivity contribution in [3.05, 3.63) is 0 Å². The first kappa shape index (κ1) is 14.9. The second kappa shape index (κ2) is 8.08. The average molecular weight is 216 g/mol. The Labute approximate surface area is 95.2 Å². The fraction of sp³-hybridized carbons (Fsp3) is 1.00. The molecule has 0 amide bonds. The van der Waals surface area contributed by atoms with Crippen LogP contribution in [0.1, 0.15) is 27.7 Å². The lowest BCUT2D eigenvalue weighted by Gasteiger charge is -2.31. The topological polar surface area (TPSA) is 24.5 Å². The van der Waals surface area contributed by atoms with Gasteiger partial charge in [0.2, 0.25) is 0 Å². The van der Waals surface area contributed by atoms with E-state index >= 15 is 0 Å². The van der Waals surface area contributed by atoms with Crippen LogP contribution in [-0.4, -0.2) is 50.8 Å². The predicted molar refractivity (Wildman–Crippen MR) is 66.3 cm³/mol. The van der Waals surface area contributed by atoms with Gasteiger partial charge in [0.25, 0.3) is 0 Å². The van der Waals surface area contributed by atoms with Gasteiger partial charge in [-0.1, -0.05) is 13.8 Å². The van der Waals surface area contributed by atoms with Gasteiger partial charge < -0.3 is 10.1 Å². The van der Waals surface area contributed by atoms with Crippen LogP contribution >= 0.6 is 0 Å². The number of likely N-dealkylation sites (N-methyl/N-ethyl adjacent to an activating group) is 1. The summed E-state index contributed by atoms with van der Waals surface area (Å²) in [5.41, 5.74) is 0. The molecule has 0 saturated heterocycles. The monoisotopic (exact) mass is 216 g/mol. The van der Waals surface area contributed by atoms with Gasteiger partial charge in [0.1, 0.15) is 0 Å². The molecule has 1 unspecified atom stereocenters. The molecule has 0 aromatic heterocycles. The van der Waals surface area contributed by atoms with Gasteiger partial charge in [-0.15, -0.1) is 0 Å². The highest BCUT2D eigenvalue weighted by Crippen LogP contribution is 2.02. The van der Waals surface area contributed by atoms with Crippen molar-refractivity contribution in [2.45, 2.75) is 39.8 Å². The van der Waals surface area contributed by atoms with E-state index in [0.29, 0.717) is 18.0 Å². The minimum Gasteiger partial charge on any atom is -0.383 e. The number of hydrogen-bond acceptors (Lipinski definition) is 3. The molecule has 0 aliphatic rings. The highest BCUT2D eigenvalue weighted by Gasteiger charge is 2.16. The Bertz CT molecular complexity index is 149. The van der Waals surface area contributed by atoms with Crippen LogP contribution in [0.25, 0.3) is 0 Å². The zero-order valence-electron chi connectivity index (χ0n) is 11.2. The minimum atomic E-state index is 0.466. The molecule has 0 rings (SSSR count). The van der Waals surface area contributed by atoms with E-state index in [0.717, 1.165) is 19.7 Å². The summed E-state index contributed by atoms with van der Waals surface area (Å²) in [6.45, 7) is 11.7. The lowest BCUT2D eigenvalue weighted by atomic mass is 10.2. The van der Waals surface area contributed by atoms with Crippen LogP contribution in [0, 0.1) is 5.92 Å². The van der Waals surface area contributed by atoms with Gasteiger partial charge in [0.15, 0.2) is 0 Å². The Morgan fingerprint density at radius 3 is 2.13 bits per heavy atom. The molecule has 0 aliphatic heterocycles. The van der Waals surface area contributed by atoms with E-state index in [2.05, 4.69) is 45.0 Å². The van der Waals surface area contributed by atoms with Crippen molar-refractivity contribution in [1.29, 1.82) is 0 Å². The number of hydrogen-bond donors (Lipinski definition) is 1. The van der Waals surface area contributed by atoms with Crippen LogP contribution in [0.15, 0.2) is 0 Å². The summed E-state index contributed by atoms with van der Waals surface area (Å²) in [4.78, 5) is 2.36. The van der Waals surface area contributed by atoms with Gasteiger partial charge in [-0.2, -0.15) is 0 Å². The summed E-state index contributed by atoms with van der Waals surface area (Å²) in [7, 11) is 3.93. The van der Waals surface area contributed by atoms with E-state index < -0.39 is 0 Å². The molecule has 0 aromatic carbocycles. The van der Waals surface area contributed by atoms with E-state index in [-0.39, 0.29) is 0 Å². The van der Waals surface area contributed by atoms with Crippen LogP contribution in [-0.2, 0) is 4.74 Å². The van der Waals surface area contributed by atoms with Crippen molar-refractivity contribution in [1.82, 2.24) is 10.2 Å². The lowest BCUT2D eigenvalue weighted by Crippen LogP contribution is -2.46. The largest absolute Gasteiger partial charge is 0.383 e. The summed E-state index contributed by atoms with van der Waals surface area (Å²) in [6, 6.07) is 1.03. The fourth-order valence-corrected chi connectivity index (χ4v) is 1.47. The zero-order valence-corrected chi connectivity index (χ0v) is 11.2. The highest BCUT2D eigenvalue weighted by molar-refractivity contribution is 4.73. The third-order valence-corrected chi connectivity index (χ3v) is 2.68. The van der Waals surface area contributed by atoms with Gasteiger partial charge in [-0.25, -0.2) is 0 Å². The quantitative estimate of drug-likeness (QED) is 0.667. The molecule has 0 radical (unpaired) electrons. The first-order valence-electron chi connectivity index (χ1n) is 5.90. The smallest absolute Gasteiger partial charge is 0.0630 e. The molecule has 3 nitrogen and oxygen atoms in total. The molecule has 0 aliphatic carbocycles. The van der Waals surface area contributed by atoms with E-state index in [1.54, 1.807) is 7.11 Å². The minimum absolute atomic E-state index is 0.466. The van der Waals surface area contributed by atoms with Crippen LogP contribution in [0.4, 0.5) is 0 Å². The van der Waals surface area contributed by atoms with Crippen molar-refractivity contribution in [3.63, 3.8) is 0 Å². The first-order valence-corrected chi connectivity index (χ1v) is 5.90. The number of rotatable bonds is 8. The summed E-state index contributed by atoms with van der Waals surface area (Å²) in [6.07, 6.45) is 0. The molecular weight excluding hydrogens is 188 g/mol. The maximum atomic E-state index is 5.25. The SMILES string of the molecule is COCC(CNCC(C)C)N(C)C(C)C. The fourth-order valence-electron chi connectivity index (χ4n) is 1.47. The third-order valence-electron chi connectivity index (χ3n) is 2.68. The summed E-state index contributed by atoms with van der Waals surface area (Å²) < 4.78 is 5.25. The normalized spacial score (nSPS) is 14.2. The molecule has 0 spiro atoms. The number of methoxy groups -OCH3 is 1. The molecule has 92 valence electrons. The molecule has 0 bridgehead atoms. The number of nitrogens with zero attached hydrogens (tertiary/aromatic N) is 1. The maximum absolute atomic E-state index is 5.25. The first-order chi connectivity index (χ1) is 6.99. The molecule has 3 heteroatoms. The van der Waals surface area contributed by atoms with Crippen LogP contribution in [0.3, 0.4) is 0 Å². The van der Waals surface area contributed by atoms with Gasteiger partial charge in [0.05, 0.1) is 6.61 Å². The van der Waals surface area contributed by atoms with Gasteiger partial charge in [-0.3, -0.25) is 4.90 Å². The summed E-state index contributed by atoms with van der Waals surface area (Å²) in [5.74, 6) is 0.706. The highest BCUT2D eigenvalue weighted by atomic mass is 16.5. The molecule has 0 saturated carbocycles. The third kappa shape index (κ3) is 6.88. The Kier molecular flexibility index (Phi) is 8.02. The van der Waals surface area contributed by atoms with E-state index in [9.17, 15) is 0 Å². The van der Waals surface area contributed by atoms with Crippen molar-refractivity contribution < 1.29 is 4.74 Å². The lowest BCUT2D eigenvalue weighted by molar-refractivity contribution is 0.0879. The summed E-state index contributed by atoms with van der Waals surface area (Å²) >= 11 is 0. The van der Waals surface area contributed by atoms with E-state index in [4.69, 9.17) is 4.74 Å². The van der Waals surface area contributed by atoms with Crippen molar-refractivity contribution >= 4 is 0 Å². The Balaban J connectivity index is 3.92.